The second-order valence-electron chi connectivity index (χ2n) is 6.95. The number of carbonyl (C=O) groups is 2. The van der Waals surface area contributed by atoms with E-state index in [1.165, 1.54) is 0 Å². The van der Waals surface area contributed by atoms with Crippen LogP contribution in [0, 0.1) is 0 Å². The van der Waals surface area contributed by atoms with E-state index in [-0.39, 0.29) is 17.5 Å². The molecule has 0 heterocycles. The first-order chi connectivity index (χ1) is 14.2. The maximum absolute atomic E-state index is 12.3. The van der Waals surface area contributed by atoms with Gasteiger partial charge in [-0.2, -0.15) is 0 Å². The van der Waals surface area contributed by atoms with E-state index >= 15 is 0 Å². The fourth-order valence-corrected chi connectivity index (χ4v) is 3.20. The van der Waals surface area contributed by atoms with Gasteiger partial charge in [0.05, 0.1) is 11.1 Å². The molecule has 0 amide bonds. The van der Waals surface area contributed by atoms with Crippen molar-refractivity contribution in [1.82, 2.24) is 0 Å². The summed E-state index contributed by atoms with van der Waals surface area (Å²) in [5, 5.41) is 56.8. The summed E-state index contributed by atoms with van der Waals surface area (Å²) in [4.78, 5) is 24.5. The Morgan fingerprint density at radius 3 is 1.33 bits per heavy atom. The molecule has 1 aliphatic rings. The maximum Gasteiger partial charge on any atom is 0.338 e. The minimum Gasteiger partial charge on any atom is -0.504 e. The summed E-state index contributed by atoms with van der Waals surface area (Å²) in [5.74, 6) is -5.83. The maximum atomic E-state index is 12.3. The van der Waals surface area contributed by atoms with Crippen molar-refractivity contribution in [2.24, 2.45) is 0 Å². The van der Waals surface area contributed by atoms with Gasteiger partial charge in [-0.05, 0) is 43.5 Å². The normalized spacial score (nSPS) is 18.5. The van der Waals surface area contributed by atoms with Crippen LogP contribution in [0.25, 0.3) is 0 Å². The SMILES string of the molecule is O=C(OC1CCCC(OC(=O)c2cc(O)c(O)c(O)c2)C1)c1cc(O)c(O)c(O)c1. The van der Waals surface area contributed by atoms with Crippen molar-refractivity contribution >= 4 is 11.9 Å². The minimum atomic E-state index is -0.828. The molecule has 6 N–H and O–H groups in total. The van der Waals surface area contributed by atoms with Gasteiger partial charge in [0.15, 0.2) is 34.5 Å². The van der Waals surface area contributed by atoms with Crippen LogP contribution in [0.5, 0.6) is 34.5 Å². The van der Waals surface area contributed by atoms with E-state index in [2.05, 4.69) is 0 Å². The second-order valence-corrected chi connectivity index (χ2v) is 6.95. The number of esters is 2. The van der Waals surface area contributed by atoms with E-state index in [1.54, 1.807) is 0 Å². The fourth-order valence-electron chi connectivity index (χ4n) is 3.20. The Morgan fingerprint density at radius 1 is 0.667 bits per heavy atom. The lowest BCUT2D eigenvalue weighted by molar-refractivity contribution is -0.0178. The zero-order valence-corrected chi connectivity index (χ0v) is 15.6. The van der Waals surface area contributed by atoms with Gasteiger partial charge in [0.2, 0.25) is 0 Å². The van der Waals surface area contributed by atoms with Crippen LogP contribution in [0.3, 0.4) is 0 Å². The molecule has 1 aliphatic carbocycles. The molecule has 10 nitrogen and oxygen atoms in total. The fraction of sp³-hybridized carbons (Fsp3) is 0.300. The molecule has 2 atom stereocenters. The molecule has 0 spiro atoms. The average Bonchev–Trinajstić information content (AvgIpc) is 2.69. The Morgan fingerprint density at radius 2 is 1.00 bits per heavy atom. The number of phenolic OH excluding ortho intramolecular Hbond substituents is 6. The Bertz CT molecular complexity index is 860. The highest BCUT2D eigenvalue weighted by Gasteiger charge is 2.29. The van der Waals surface area contributed by atoms with Crippen molar-refractivity contribution in [1.29, 1.82) is 0 Å². The van der Waals surface area contributed by atoms with E-state index in [4.69, 9.17) is 9.47 Å². The smallest absolute Gasteiger partial charge is 0.338 e. The summed E-state index contributed by atoms with van der Waals surface area (Å²) < 4.78 is 10.7. The van der Waals surface area contributed by atoms with Crippen LogP contribution >= 0.6 is 0 Å². The van der Waals surface area contributed by atoms with E-state index in [1.807, 2.05) is 0 Å². The molecule has 0 aromatic heterocycles. The Hall–Kier alpha value is -3.82. The Kier molecular flexibility index (Phi) is 5.77. The largest absolute Gasteiger partial charge is 0.504 e. The number of rotatable bonds is 4. The van der Waals surface area contributed by atoms with Crippen molar-refractivity contribution < 1.29 is 49.7 Å². The van der Waals surface area contributed by atoms with Crippen LogP contribution in [-0.2, 0) is 9.47 Å². The lowest BCUT2D eigenvalue weighted by Crippen LogP contribution is -2.31. The molecule has 2 aromatic carbocycles. The van der Waals surface area contributed by atoms with Gasteiger partial charge in [-0.3, -0.25) is 0 Å². The summed E-state index contributed by atoms with van der Waals surface area (Å²) in [6, 6.07) is 3.84. The highest BCUT2D eigenvalue weighted by molar-refractivity contribution is 5.92. The third-order valence-corrected chi connectivity index (χ3v) is 4.74. The van der Waals surface area contributed by atoms with E-state index in [9.17, 15) is 40.2 Å². The van der Waals surface area contributed by atoms with Crippen LogP contribution < -0.4 is 0 Å². The van der Waals surface area contributed by atoms with Gasteiger partial charge in [-0.15, -0.1) is 0 Å². The number of hydrogen-bond acceptors (Lipinski definition) is 10. The molecule has 2 unspecified atom stereocenters. The minimum absolute atomic E-state index is 0.156. The van der Waals surface area contributed by atoms with Crippen LogP contribution in [-0.4, -0.2) is 54.8 Å². The van der Waals surface area contributed by atoms with Gasteiger partial charge in [0, 0.05) is 6.42 Å². The quantitative estimate of drug-likeness (QED) is 0.318. The Labute approximate surface area is 170 Å². The lowest BCUT2D eigenvalue weighted by atomic mass is 9.94. The van der Waals surface area contributed by atoms with Gasteiger partial charge in [0.1, 0.15) is 12.2 Å². The van der Waals surface area contributed by atoms with Crippen LogP contribution in [0.1, 0.15) is 46.4 Å². The van der Waals surface area contributed by atoms with E-state index in [0.717, 1.165) is 24.3 Å². The van der Waals surface area contributed by atoms with Crippen molar-refractivity contribution in [3.8, 4) is 34.5 Å². The van der Waals surface area contributed by atoms with E-state index in [0.29, 0.717) is 19.3 Å². The summed E-state index contributed by atoms with van der Waals surface area (Å²) in [6.07, 6.45) is 0.623. The number of hydrogen-bond donors (Lipinski definition) is 6. The predicted octanol–water partition coefficient (Wildman–Crippen LogP) is 2.25. The summed E-state index contributed by atoms with van der Waals surface area (Å²) in [6.45, 7) is 0. The van der Waals surface area contributed by atoms with Gasteiger partial charge in [0.25, 0.3) is 0 Å². The lowest BCUT2D eigenvalue weighted by Gasteiger charge is -2.28. The van der Waals surface area contributed by atoms with Gasteiger partial charge in [-0.25, -0.2) is 9.59 Å². The molecule has 1 fully saturated rings. The molecule has 2 aromatic rings. The number of aromatic hydroxyl groups is 6. The van der Waals surface area contributed by atoms with Gasteiger partial charge >= 0.3 is 11.9 Å². The molecular formula is C20H20O10. The first-order valence-corrected chi connectivity index (χ1v) is 9.07. The molecule has 0 radical (unpaired) electrons. The molecule has 10 heteroatoms. The van der Waals surface area contributed by atoms with Crippen molar-refractivity contribution in [2.75, 3.05) is 0 Å². The molecule has 0 saturated heterocycles. The zero-order valence-electron chi connectivity index (χ0n) is 15.6. The second kappa shape index (κ2) is 8.27. The zero-order chi connectivity index (χ0) is 22.0. The molecule has 0 aliphatic heterocycles. The monoisotopic (exact) mass is 420 g/mol. The number of carbonyl (C=O) groups excluding carboxylic acids is 2. The first-order valence-electron chi connectivity index (χ1n) is 9.07. The van der Waals surface area contributed by atoms with E-state index < -0.39 is 58.6 Å². The molecule has 3 rings (SSSR count). The third-order valence-electron chi connectivity index (χ3n) is 4.74. The summed E-state index contributed by atoms with van der Waals surface area (Å²) in [5.41, 5.74) is -0.311. The molecule has 1 saturated carbocycles. The van der Waals surface area contributed by atoms with Crippen molar-refractivity contribution in [2.45, 2.75) is 37.9 Å². The average molecular weight is 420 g/mol. The van der Waals surface area contributed by atoms with Gasteiger partial charge in [-0.1, -0.05) is 0 Å². The summed E-state index contributed by atoms with van der Waals surface area (Å²) >= 11 is 0. The summed E-state index contributed by atoms with van der Waals surface area (Å²) in [7, 11) is 0. The molecule has 0 bridgehead atoms. The third kappa shape index (κ3) is 4.43. The molecule has 160 valence electrons. The number of ether oxygens (including phenoxy) is 2. The first kappa shape index (κ1) is 20.9. The predicted molar refractivity (Wildman–Crippen MR) is 99.7 cm³/mol. The number of phenols is 6. The van der Waals surface area contributed by atoms with Gasteiger partial charge < -0.3 is 40.1 Å². The topological polar surface area (TPSA) is 174 Å². The van der Waals surface area contributed by atoms with Crippen LogP contribution in [0.15, 0.2) is 24.3 Å². The van der Waals surface area contributed by atoms with Crippen LogP contribution in [0.2, 0.25) is 0 Å². The Balaban J connectivity index is 1.63. The highest BCUT2D eigenvalue weighted by atomic mass is 16.6. The molecular weight excluding hydrogens is 400 g/mol. The molecule has 30 heavy (non-hydrogen) atoms. The van der Waals surface area contributed by atoms with Crippen molar-refractivity contribution in [3.63, 3.8) is 0 Å². The number of benzene rings is 2. The van der Waals surface area contributed by atoms with Crippen molar-refractivity contribution in [3.05, 3.63) is 35.4 Å². The van der Waals surface area contributed by atoms with Crippen LogP contribution in [0.4, 0.5) is 0 Å². The highest BCUT2D eigenvalue weighted by Crippen LogP contribution is 2.37. The standard InChI is InChI=1S/C20H20O10/c21-13-4-9(5-14(22)17(13)25)19(27)29-11-2-1-3-12(8-11)30-20(28)10-6-15(23)18(26)16(24)7-10/h4-7,11-12,21-26H,1-3,8H2.